The van der Waals surface area contributed by atoms with Crippen molar-refractivity contribution in [2.75, 3.05) is 6.54 Å². The summed E-state index contributed by atoms with van der Waals surface area (Å²) >= 11 is 0. The van der Waals surface area contributed by atoms with Crippen molar-refractivity contribution >= 4 is 11.9 Å². The van der Waals surface area contributed by atoms with E-state index in [1.54, 1.807) is 12.1 Å². The first-order valence-electron chi connectivity index (χ1n) is 6.07. The Morgan fingerprint density at radius 2 is 1.89 bits per heavy atom. The lowest BCUT2D eigenvalue weighted by Crippen LogP contribution is -2.30. The van der Waals surface area contributed by atoms with E-state index in [1.165, 1.54) is 25.0 Å². The summed E-state index contributed by atoms with van der Waals surface area (Å²) in [6.45, 7) is 2.90. The molecular formula is C14H17NO3. The van der Waals surface area contributed by atoms with Crippen molar-refractivity contribution in [1.29, 1.82) is 0 Å². The van der Waals surface area contributed by atoms with Gasteiger partial charge in [0.05, 0.1) is 12.0 Å². The summed E-state index contributed by atoms with van der Waals surface area (Å²) in [7, 11) is 0. The number of rotatable bonds is 5. The molecule has 18 heavy (non-hydrogen) atoms. The lowest BCUT2D eigenvalue weighted by Gasteiger charge is -2.10. The van der Waals surface area contributed by atoms with Crippen LogP contribution < -0.4 is 5.32 Å². The van der Waals surface area contributed by atoms with Crippen LogP contribution in [0.4, 0.5) is 0 Å². The van der Waals surface area contributed by atoms with Crippen LogP contribution in [0.3, 0.4) is 0 Å². The van der Waals surface area contributed by atoms with Crippen molar-refractivity contribution in [3.05, 3.63) is 35.4 Å². The van der Waals surface area contributed by atoms with Crippen LogP contribution in [0.2, 0.25) is 0 Å². The molecule has 1 aliphatic carbocycles. The summed E-state index contributed by atoms with van der Waals surface area (Å²) in [5.74, 6) is -0.959. The Labute approximate surface area is 106 Å². The van der Waals surface area contributed by atoms with Crippen LogP contribution in [0.25, 0.3) is 0 Å². The summed E-state index contributed by atoms with van der Waals surface area (Å²) in [5, 5.41) is 11.7. The highest BCUT2D eigenvalue weighted by atomic mass is 16.4. The normalized spacial score (nSPS) is 16.1. The topological polar surface area (TPSA) is 66.4 Å². The Morgan fingerprint density at radius 1 is 1.28 bits per heavy atom. The van der Waals surface area contributed by atoms with Crippen LogP contribution in [-0.2, 0) is 11.2 Å². The molecule has 1 aliphatic rings. The molecule has 96 valence electrons. The molecule has 1 aromatic rings. The number of carbonyl (C=O) groups is 2. The van der Waals surface area contributed by atoms with Gasteiger partial charge < -0.3 is 10.4 Å². The highest BCUT2D eigenvalue weighted by Gasteiger charge is 2.37. The van der Waals surface area contributed by atoms with Crippen LogP contribution in [0.15, 0.2) is 24.3 Å². The van der Waals surface area contributed by atoms with E-state index >= 15 is 0 Å². The second-order valence-corrected chi connectivity index (χ2v) is 5.27. The lowest BCUT2D eigenvalue weighted by atomic mass is 10.1. The number of aromatic carboxylic acids is 1. The minimum absolute atomic E-state index is 0.00815. The first kappa shape index (κ1) is 12.6. The van der Waals surface area contributed by atoms with E-state index in [2.05, 4.69) is 12.2 Å². The Bertz CT molecular complexity index is 460. The summed E-state index contributed by atoms with van der Waals surface area (Å²) in [6.07, 6.45) is 2.66. The van der Waals surface area contributed by atoms with Crippen molar-refractivity contribution in [3.63, 3.8) is 0 Å². The van der Waals surface area contributed by atoms with Crippen LogP contribution in [0.1, 0.15) is 35.7 Å². The standard InChI is InChI=1S/C14H17NO3/c1-14(6-7-14)9-15-12(16)8-10-2-4-11(5-3-10)13(17)18/h2-5H,6-9H2,1H3,(H,15,16)(H,17,18). The predicted octanol–water partition coefficient (Wildman–Crippen LogP) is 1.84. The molecule has 0 saturated heterocycles. The fourth-order valence-corrected chi connectivity index (χ4v) is 1.72. The number of hydrogen-bond acceptors (Lipinski definition) is 2. The largest absolute Gasteiger partial charge is 0.478 e. The summed E-state index contributed by atoms with van der Waals surface area (Å²) in [5.41, 5.74) is 1.38. The maximum atomic E-state index is 11.7. The molecular weight excluding hydrogens is 230 g/mol. The van der Waals surface area contributed by atoms with E-state index in [0.717, 1.165) is 12.1 Å². The van der Waals surface area contributed by atoms with Gasteiger partial charge in [0.1, 0.15) is 0 Å². The highest BCUT2D eigenvalue weighted by molar-refractivity contribution is 5.87. The number of hydrogen-bond donors (Lipinski definition) is 2. The molecule has 1 aromatic carbocycles. The second-order valence-electron chi connectivity index (χ2n) is 5.27. The predicted molar refractivity (Wildman–Crippen MR) is 67.5 cm³/mol. The number of nitrogens with one attached hydrogen (secondary N) is 1. The van der Waals surface area contributed by atoms with Crippen molar-refractivity contribution in [2.45, 2.75) is 26.2 Å². The quantitative estimate of drug-likeness (QED) is 0.834. The minimum atomic E-state index is -0.951. The number of carboxylic acids is 1. The van der Waals surface area contributed by atoms with E-state index in [0.29, 0.717) is 11.8 Å². The molecule has 0 heterocycles. The fraction of sp³-hybridized carbons (Fsp3) is 0.429. The first-order valence-corrected chi connectivity index (χ1v) is 6.07. The van der Waals surface area contributed by atoms with Gasteiger partial charge in [-0.3, -0.25) is 4.79 Å². The second kappa shape index (κ2) is 4.80. The first-order chi connectivity index (χ1) is 8.48. The van der Waals surface area contributed by atoms with Gasteiger partial charge in [-0.2, -0.15) is 0 Å². The molecule has 1 fully saturated rings. The zero-order valence-corrected chi connectivity index (χ0v) is 10.4. The van der Waals surface area contributed by atoms with E-state index in [9.17, 15) is 9.59 Å². The van der Waals surface area contributed by atoms with Crippen molar-refractivity contribution in [2.24, 2.45) is 5.41 Å². The Kier molecular flexibility index (Phi) is 3.36. The van der Waals surface area contributed by atoms with Crippen molar-refractivity contribution in [1.82, 2.24) is 5.32 Å². The van der Waals surface area contributed by atoms with Crippen LogP contribution >= 0.6 is 0 Å². The molecule has 0 aromatic heterocycles. The van der Waals surface area contributed by atoms with Gasteiger partial charge in [-0.25, -0.2) is 4.79 Å². The molecule has 4 nitrogen and oxygen atoms in total. The number of carbonyl (C=O) groups excluding carboxylic acids is 1. The third-order valence-electron chi connectivity index (χ3n) is 3.38. The van der Waals surface area contributed by atoms with Gasteiger partial charge in [-0.05, 0) is 36.0 Å². The Morgan fingerprint density at radius 3 is 2.39 bits per heavy atom. The number of carboxylic acid groups (broad SMARTS) is 1. The molecule has 2 rings (SSSR count). The molecule has 0 unspecified atom stereocenters. The SMILES string of the molecule is CC1(CNC(=O)Cc2ccc(C(=O)O)cc2)CC1. The molecule has 0 radical (unpaired) electrons. The monoisotopic (exact) mass is 247 g/mol. The zero-order chi connectivity index (χ0) is 13.2. The van der Waals surface area contributed by atoms with Gasteiger partial charge in [0.2, 0.25) is 5.91 Å². The number of benzene rings is 1. The van der Waals surface area contributed by atoms with Crippen molar-refractivity contribution in [3.8, 4) is 0 Å². The Balaban J connectivity index is 1.84. The average molecular weight is 247 g/mol. The van der Waals surface area contributed by atoms with Gasteiger partial charge >= 0.3 is 5.97 Å². The molecule has 1 amide bonds. The highest BCUT2D eigenvalue weighted by Crippen LogP contribution is 2.43. The van der Waals surface area contributed by atoms with Crippen LogP contribution in [0, 0.1) is 5.41 Å². The maximum Gasteiger partial charge on any atom is 0.335 e. The smallest absolute Gasteiger partial charge is 0.335 e. The van der Waals surface area contributed by atoms with Crippen LogP contribution in [0.5, 0.6) is 0 Å². The van der Waals surface area contributed by atoms with Crippen molar-refractivity contribution < 1.29 is 14.7 Å². The lowest BCUT2D eigenvalue weighted by molar-refractivity contribution is -0.120. The van der Waals surface area contributed by atoms with Gasteiger partial charge in [0.15, 0.2) is 0 Å². The van der Waals surface area contributed by atoms with E-state index in [4.69, 9.17) is 5.11 Å². The number of amides is 1. The summed E-state index contributed by atoms with van der Waals surface area (Å²) in [6, 6.07) is 6.41. The molecule has 0 aliphatic heterocycles. The zero-order valence-electron chi connectivity index (χ0n) is 10.4. The minimum Gasteiger partial charge on any atom is -0.478 e. The molecule has 0 bridgehead atoms. The summed E-state index contributed by atoms with van der Waals surface area (Å²) in [4.78, 5) is 22.4. The molecule has 4 heteroatoms. The molecule has 1 saturated carbocycles. The van der Waals surface area contributed by atoms with E-state index in [1.807, 2.05) is 0 Å². The van der Waals surface area contributed by atoms with E-state index in [-0.39, 0.29) is 11.5 Å². The Hall–Kier alpha value is -1.84. The third kappa shape index (κ3) is 3.32. The average Bonchev–Trinajstić information content (AvgIpc) is 3.06. The molecule has 2 N–H and O–H groups in total. The molecule has 0 atom stereocenters. The van der Waals surface area contributed by atoms with Gasteiger partial charge in [0, 0.05) is 6.54 Å². The van der Waals surface area contributed by atoms with Gasteiger partial charge in [0.25, 0.3) is 0 Å². The van der Waals surface area contributed by atoms with Crippen LogP contribution in [-0.4, -0.2) is 23.5 Å². The maximum absolute atomic E-state index is 11.7. The van der Waals surface area contributed by atoms with Gasteiger partial charge in [-0.1, -0.05) is 19.1 Å². The molecule has 0 spiro atoms. The fourth-order valence-electron chi connectivity index (χ4n) is 1.72. The van der Waals surface area contributed by atoms with Gasteiger partial charge in [-0.15, -0.1) is 0 Å². The van der Waals surface area contributed by atoms with E-state index < -0.39 is 5.97 Å². The third-order valence-corrected chi connectivity index (χ3v) is 3.38. The summed E-state index contributed by atoms with van der Waals surface area (Å²) < 4.78 is 0.